The van der Waals surface area contributed by atoms with Crippen molar-refractivity contribution in [2.45, 2.75) is 108 Å². The minimum absolute atomic E-state index is 0. The maximum absolute atomic E-state index is 11.9. The standard InChI is InChI=1S/C13H24N2O3.C11H19NO4.3CH4/c1-5-14-11(16)10-7-6-8-15(9-10)12(17)18-13(2,3)4;1-11(2,3)16-10(15)12-6-4-5-8(7-12)9(13)14;;;/h10H,5-9H2,1-4H3,(H,14,16);8H,4-7H2,1-3H3,(H,13,14);3*1H4. The molecule has 37 heavy (non-hydrogen) atoms. The molecule has 220 valence electrons. The summed E-state index contributed by atoms with van der Waals surface area (Å²) in [7, 11) is 0. The average Bonchev–Trinajstić information content (AvgIpc) is 2.72. The summed E-state index contributed by atoms with van der Waals surface area (Å²) in [5.41, 5.74) is -1.02. The van der Waals surface area contributed by atoms with Crippen LogP contribution in [-0.4, -0.2) is 82.9 Å². The van der Waals surface area contributed by atoms with Crippen LogP contribution in [0.3, 0.4) is 0 Å². The van der Waals surface area contributed by atoms with Crippen molar-refractivity contribution in [2.24, 2.45) is 11.8 Å². The van der Waals surface area contributed by atoms with Crippen LogP contribution in [0.2, 0.25) is 0 Å². The van der Waals surface area contributed by atoms with Gasteiger partial charge in [0.2, 0.25) is 5.91 Å². The van der Waals surface area contributed by atoms with E-state index in [-0.39, 0.29) is 46.7 Å². The summed E-state index contributed by atoms with van der Waals surface area (Å²) in [5.74, 6) is -1.37. The van der Waals surface area contributed by atoms with Crippen molar-refractivity contribution in [3.05, 3.63) is 0 Å². The molecule has 10 nitrogen and oxygen atoms in total. The lowest BCUT2D eigenvalue weighted by Gasteiger charge is -2.33. The zero-order valence-corrected chi connectivity index (χ0v) is 21.8. The fourth-order valence-corrected chi connectivity index (χ4v) is 3.67. The molecule has 0 spiro atoms. The lowest BCUT2D eigenvalue weighted by molar-refractivity contribution is -0.143. The van der Waals surface area contributed by atoms with Gasteiger partial charge in [-0.2, -0.15) is 0 Å². The van der Waals surface area contributed by atoms with E-state index in [2.05, 4.69) is 5.32 Å². The van der Waals surface area contributed by atoms with Crippen LogP contribution in [0.1, 0.15) is 96.4 Å². The van der Waals surface area contributed by atoms with Crippen molar-refractivity contribution in [3.63, 3.8) is 0 Å². The number of hydrogen-bond donors (Lipinski definition) is 2. The van der Waals surface area contributed by atoms with Crippen LogP contribution in [0.25, 0.3) is 0 Å². The summed E-state index contributed by atoms with van der Waals surface area (Å²) in [5, 5.41) is 11.7. The number of carboxylic acid groups (broad SMARTS) is 1. The van der Waals surface area contributed by atoms with Gasteiger partial charge in [0, 0.05) is 32.7 Å². The third-order valence-corrected chi connectivity index (χ3v) is 5.22. The van der Waals surface area contributed by atoms with E-state index in [0.717, 1.165) is 19.3 Å². The Balaban J connectivity index is -0.000000581. The number of likely N-dealkylation sites (tertiary alicyclic amines) is 2. The second kappa shape index (κ2) is 17.1. The third kappa shape index (κ3) is 15.4. The Morgan fingerprint density at radius 3 is 1.51 bits per heavy atom. The molecule has 2 heterocycles. The largest absolute Gasteiger partial charge is 0.481 e. The molecule has 2 rings (SSSR count). The van der Waals surface area contributed by atoms with Gasteiger partial charge in [-0.3, -0.25) is 9.59 Å². The van der Waals surface area contributed by atoms with Crippen LogP contribution in [0, 0.1) is 11.8 Å². The molecule has 2 saturated heterocycles. The highest BCUT2D eigenvalue weighted by molar-refractivity contribution is 5.80. The normalized spacial score (nSPS) is 19.3. The van der Waals surface area contributed by atoms with E-state index in [1.165, 1.54) is 4.90 Å². The summed E-state index contributed by atoms with van der Waals surface area (Å²) < 4.78 is 10.5. The van der Waals surface area contributed by atoms with Crippen molar-refractivity contribution in [1.29, 1.82) is 0 Å². The fraction of sp³-hybridized carbons (Fsp3) is 0.852. The first-order valence-electron chi connectivity index (χ1n) is 12.1. The number of carbonyl (C=O) groups excluding carboxylic acids is 3. The lowest BCUT2D eigenvalue weighted by atomic mass is 9.97. The van der Waals surface area contributed by atoms with Gasteiger partial charge in [0.1, 0.15) is 11.2 Å². The quantitative estimate of drug-likeness (QED) is 0.498. The molecule has 2 aliphatic heterocycles. The SMILES string of the molecule is C.C.C.CC(C)(C)OC(=O)N1CCCC(C(=O)O)C1.CCNC(=O)C1CCCN(C(=O)OC(C)(C)C)C1. The van der Waals surface area contributed by atoms with Crippen LogP contribution in [0.15, 0.2) is 0 Å². The zero-order chi connectivity index (χ0) is 26.1. The number of carbonyl (C=O) groups is 4. The van der Waals surface area contributed by atoms with Crippen LogP contribution >= 0.6 is 0 Å². The number of amides is 3. The first-order chi connectivity index (χ1) is 15.6. The predicted molar refractivity (Wildman–Crippen MR) is 148 cm³/mol. The molecular weight excluding hydrogens is 478 g/mol. The Bertz CT molecular complexity index is 714. The molecule has 2 aliphatic rings. The molecule has 2 N–H and O–H groups in total. The molecule has 0 radical (unpaired) electrons. The van der Waals surface area contributed by atoms with E-state index >= 15 is 0 Å². The minimum atomic E-state index is -0.840. The summed E-state index contributed by atoms with van der Waals surface area (Å²) in [6.45, 7) is 15.4. The van der Waals surface area contributed by atoms with Crippen molar-refractivity contribution in [3.8, 4) is 0 Å². The number of ether oxygens (including phenoxy) is 2. The van der Waals surface area contributed by atoms with Gasteiger partial charge in [-0.05, 0) is 74.1 Å². The number of nitrogens with one attached hydrogen (secondary N) is 1. The minimum Gasteiger partial charge on any atom is -0.481 e. The first-order valence-corrected chi connectivity index (χ1v) is 12.1. The monoisotopic (exact) mass is 533 g/mol. The smallest absolute Gasteiger partial charge is 0.410 e. The van der Waals surface area contributed by atoms with Gasteiger partial charge < -0.3 is 29.7 Å². The van der Waals surface area contributed by atoms with Gasteiger partial charge in [0.25, 0.3) is 0 Å². The van der Waals surface area contributed by atoms with Crippen molar-refractivity contribution >= 4 is 24.1 Å². The molecule has 0 saturated carbocycles. The number of nitrogens with zero attached hydrogens (tertiary/aromatic N) is 2. The summed E-state index contributed by atoms with van der Waals surface area (Å²) in [6.07, 6.45) is 2.30. The van der Waals surface area contributed by atoms with Gasteiger partial charge in [0.05, 0.1) is 11.8 Å². The van der Waals surface area contributed by atoms with Gasteiger partial charge in [-0.1, -0.05) is 22.3 Å². The molecule has 0 aromatic rings. The van der Waals surface area contributed by atoms with Crippen LogP contribution < -0.4 is 5.32 Å². The summed E-state index contributed by atoms with van der Waals surface area (Å²) in [6, 6.07) is 0. The highest BCUT2D eigenvalue weighted by atomic mass is 16.6. The predicted octanol–water partition coefficient (Wildman–Crippen LogP) is 5.40. The lowest BCUT2D eigenvalue weighted by Crippen LogP contribution is -2.47. The van der Waals surface area contributed by atoms with E-state index in [1.54, 1.807) is 25.7 Å². The first kappa shape index (κ1) is 39.0. The molecule has 2 fully saturated rings. The topological polar surface area (TPSA) is 125 Å². The van der Waals surface area contributed by atoms with Gasteiger partial charge >= 0.3 is 18.2 Å². The molecule has 0 aromatic carbocycles. The number of rotatable bonds is 3. The van der Waals surface area contributed by atoms with E-state index in [0.29, 0.717) is 32.6 Å². The van der Waals surface area contributed by atoms with E-state index in [9.17, 15) is 19.2 Å². The maximum atomic E-state index is 11.9. The van der Waals surface area contributed by atoms with Crippen molar-refractivity contribution in [2.75, 3.05) is 32.7 Å². The number of piperidine rings is 2. The molecule has 2 unspecified atom stereocenters. The van der Waals surface area contributed by atoms with Crippen molar-refractivity contribution in [1.82, 2.24) is 15.1 Å². The average molecular weight is 534 g/mol. The second-order valence-corrected chi connectivity index (χ2v) is 10.8. The fourth-order valence-electron chi connectivity index (χ4n) is 3.67. The molecule has 0 aromatic heterocycles. The summed E-state index contributed by atoms with van der Waals surface area (Å²) in [4.78, 5) is 49.3. The van der Waals surface area contributed by atoms with Gasteiger partial charge in [-0.15, -0.1) is 0 Å². The second-order valence-electron chi connectivity index (χ2n) is 10.8. The Morgan fingerprint density at radius 2 is 1.16 bits per heavy atom. The molecule has 2 atom stereocenters. The van der Waals surface area contributed by atoms with Gasteiger partial charge in [0.15, 0.2) is 0 Å². The summed E-state index contributed by atoms with van der Waals surface area (Å²) >= 11 is 0. The van der Waals surface area contributed by atoms with Crippen molar-refractivity contribution < 1.29 is 33.8 Å². The number of carboxylic acids is 1. The molecule has 3 amide bonds. The van der Waals surface area contributed by atoms with Gasteiger partial charge in [-0.25, -0.2) is 9.59 Å². The van der Waals surface area contributed by atoms with Crippen LogP contribution in [0.5, 0.6) is 0 Å². The maximum Gasteiger partial charge on any atom is 0.410 e. The third-order valence-electron chi connectivity index (χ3n) is 5.22. The zero-order valence-electron chi connectivity index (χ0n) is 21.8. The number of hydrogen-bond acceptors (Lipinski definition) is 6. The molecule has 0 bridgehead atoms. The highest BCUT2D eigenvalue weighted by Crippen LogP contribution is 2.20. The molecular formula is C27H55N3O7. The molecule has 10 heteroatoms. The Morgan fingerprint density at radius 1 is 0.784 bits per heavy atom. The van der Waals surface area contributed by atoms with E-state index in [1.807, 2.05) is 27.7 Å². The van der Waals surface area contributed by atoms with E-state index in [4.69, 9.17) is 14.6 Å². The van der Waals surface area contributed by atoms with Crippen LogP contribution in [0.4, 0.5) is 9.59 Å². The van der Waals surface area contributed by atoms with Crippen LogP contribution in [-0.2, 0) is 19.1 Å². The Hall–Kier alpha value is -2.52. The Labute approximate surface area is 225 Å². The van der Waals surface area contributed by atoms with E-state index < -0.39 is 29.2 Å². The number of aliphatic carboxylic acids is 1. The molecule has 0 aliphatic carbocycles. The Kier molecular flexibility index (Phi) is 18.0. The highest BCUT2D eigenvalue weighted by Gasteiger charge is 2.31.